The van der Waals surface area contributed by atoms with E-state index in [9.17, 15) is 4.79 Å². The van der Waals surface area contributed by atoms with Crippen LogP contribution in [0.2, 0.25) is 0 Å². The van der Waals surface area contributed by atoms with E-state index in [1.807, 2.05) is 43.3 Å². The van der Waals surface area contributed by atoms with Gasteiger partial charge in [-0.1, -0.05) is 17.7 Å². The van der Waals surface area contributed by atoms with Crippen molar-refractivity contribution >= 4 is 11.4 Å². The van der Waals surface area contributed by atoms with Crippen LogP contribution in [0.25, 0.3) is 5.65 Å². The number of allylic oxidation sites excluding steroid dienone is 2. The normalized spacial score (nSPS) is 17.8. The molecule has 1 aliphatic carbocycles. The van der Waals surface area contributed by atoms with E-state index in [1.54, 1.807) is 17.1 Å². The highest BCUT2D eigenvalue weighted by Crippen LogP contribution is 2.47. The molecule has 8 nitrogen and oxygen atoms in total. The van der Waals surface area contributed by atoms with Crippen LogP contribution in [-0.4, -0.2) is 25.4 Å². The highest BCUT2D eigenvalue weighted by molar-refractivity contribution is 5.99. The first-order chi connectivity index (χ1) is 15.7. The lowest BCUT2D eigenvalue weighted by Gasteiger charge is -2.30. The second-order valence-corrected chi connectivity index (χ2v) is 8.03. The lowest BCUT2D eigenvalue weighted by atomic mass is 9.80. The number of aryl methyl sites for hydroxylation is 1. The maximum atomic E-state index is 12.9. The van der Waals surface area contributed by atoms with Crippen LogP contribution in [0.3, 0.4) is 0 Å². The number of hydrogen-bond acceptors (Lipinski definition) is 7. The monoisotopic (exact) mass is 428 g/mol. The Morgan fingerprint density at radius 2 is 2.06 bits per heavy atom. The van der Waals surface area contributed by atoms with Gasteiger partial charge in [-0.15, -0.1) is 5.10 Å². The summed E-state index contributed by atoms with van der Waals surface area (Å²) in [4.78, 5) is 22.1. The number of ketones is 1. The minimum atomic E-state index is -0.428. The van der Waals surface area contributed by atoms with E-state index in [1.165, 1.54) is 0 Å². The van der Waals surface area contributed by atoms with Crippen LogP contribution >= 0.6 is 0 Å². The van der Waals surface area contributed by atoms with Gasteiger partial charge >= 0.3 is 0 Å². The molecule has 160 valence electrons. The zero-order valence-corrected chi connectivity index (χ0v) is 17.4. The second-order valence-electron chi connectivity index (χ2n) is 8.03. The highest BCUT2D eigenvalue weighted by atomic mass is 16.5. The first-order valence-electron chi connectivity index (χ1n) is 10.6. The molecule has 0 unspecified atom stereocenters. The number of rotatable bonds is 4. The quantitative estimate of drug-likeness (QED) is 0.482. The molecule has 0 N–H and O–H groups in total. The van der Waals surface area contributed by atoms with Crippen molar-refractivity contribution in [2.24, 2.45) is 0 Å². The van der Waals surface area contributed by atoms with Crippen LogP contribution in [0, 0.1) is 6.92 Å². The minimum absolute atomic E-state index is 0.0720. The van der Waals surface area contributed by atoms with Crippen LogP contribution in [0.5, 0.6) is 11.6 Å². The molecule has 4 aromatic rings. The van der Waals surface area contributed by atoms with E-state index in [0.29, 0.717) is 52.8 Å². The molecular formula is C24H20N4O4. The number of carbonyl (C=O) groups is 1. The van der Waals surface area contributed by atoms with Gasteiger partial charge in [-0.05, 0) is 37.6 Å². The molecule has 1 atom stereocenters. The third-order valence-corrected chi connectivity index (χ3v) is 5.85. The van der Waals surface area contributed by atoms with Crippen molar-refractivity contribution in [2.45, 2.75) is 38.7 Å². The molecule has 0 bridgehead atoms. The number of furan rings is 1. The average molecular weight is 428 g/mol. The molecule has 0 saturated carbocycles. The molecule has 8 heteroatoms. The van der Waals surface area contributed by atoms with Crippen LogP contribution in [0.1, 0.15) is 47.9 Å². The van der Waals surface area contributed by atoms with E-state index in [4.69, 9.17) is 18.9 Å². The Labute approximate surface area is 183 Å². The van der Waals surface area contributed by atoms with Gasteiger partial charge in [0.2, 0.25) is 5.88 Å². The zero-order chi connectivity index (χ0) is 21.7. The van der Waals surface area contributed by atoms with Crippen molar-refractivity contribution in [2.75, 3.05) is 0 Å². The topological polar surface area (TPSA) is 91.8 Å². The molecule has 6 rings (SSSR count). The van der Waals surface area contributed by atoms with Crippen molar-refractivity contribution in [3.63, 3.8) is 0 Å². The summed E-state index contributed by atoms with van der Waals surface area (Å²) in [6.07, 6.45) is 5.15. The molecule has 0 fully saturated rings. The van der Waals surface area contributed by atoms with Crippen LogP contribution in [0.4, 0.5) is 0 Å². The Balaban J connectivity index is 1.43. The summed E-state index contributed by atoms with van der Waals surface area (Å²) < 4.78 is 19.3. The fourth-order valence-electron chi connectivity index (χ4n) is 4.34. The molecule has 3 aromatic heterocycles. The van der Waals surface area contributed by atoms with E-state index < -0.39 is 5.92 Å². The molecule has 1 aliphatic heterocycles. The molecular weight excluding hydrogens is 408 g/mol. The van der Waals surface area contributed by atoms with Crippen molar-refractivity contribution in [3.8, 4) is 11.6 Å². The second kappa shape index (κ2) is 7.33. The third-order valence-electron chi connectivity index (χ3n) is 5.85. The molecule has 0 spiro atoms. The number of carbonyl (C=O) groups excluding carboxylic acids is 1. The van der Waals surface area contributed by atoms with Crippen molar-refractivity contribution in [1.82, 2.24) is 19.6 Å². The highest BCUT2D eigenvalue weighted by Gasteiger charge is 2.40. The number of ether oxygens (including phenoxy) is 2. The average Bonchev–Trinajstić information content (AvgIpc) is 3.47. The van der Waals surface area contributed by atoms with Gasteiger partial charge in [-0.2, -0.15) is 0 Å². The Bertz CT molecular complexity index is 1350. The van der Waals surface area contributed by atoms with E-state index in [0.717, 1.165) is 17.7 Å². The summed E-state index contributed by atoms with van der Waals surface area (Å²) in [6, 6.07) is 11.5. The fourth-order valence-corrected chi connectivity index (χ4v) is 4.34. The Morgan fingerprint density at radius 1 is 1.19 bits per heavy atom. The van der Waals surface area contributed by atoms with Crippen LogP contribution in [-0.2, 0) is 11.4 Å². The number of benzene rings is 1. The summed E-state index contributed by atoms with van der Waals surface area (Å²) in [5.41, 5.74) is 3.05. The Kier molecular flexibility index (Phi) is 4.31. The molecule has 2 aliphatic rings. The predicted molar refractivity (Wildman–Crippen MR) is 113 cm³/mol. The molecule has 32 heavy (non-hydrogen) atoms. The maximum Gasteiger partial charge on any atom is 0.228 e. The van der Waals surface area contributed by atoms with Gasteiger partial charge in [-0.25, -0.2) is 14.5 Å². The maximum absolute atomic E-state index is 12.9. The molecule has 0 amide bonds. The lowest BCUT2D eigenvalue weighted by molar-refractivity contribution is -0.116. The Morgan fingerprint density at radius 3 is 2.88 bits per heavy atom. The van der Waals surface area contributed by atoms with E-state index in [-0.39, 0.29) is 12.4 Å². The summed E-state index contributed by atoms with van der Waals surface area (Å²) in [7, 11) is 0. The van der Waals surface area contributed by atoms with Gasteiger partial charge in [0.05, 0.1) is 17.7 Å². The summed E-state index contributed by atoms with van der Waals surface area (Å²) in [5, 5.41) is 4.52. The predicted octanol–water partition coefficient (Wildman–Crippen LogP) is 4.14. The van der Waals surface area contributed by atoms with Crippen LogP contribution in [0.15, 0.2) is 64.7 Å². The third kappa shape index (κ3) is 3.07. The van der Waals surface area contributed by atoms with Gasteiger partial charge in [0.15, 0.2) is 17.3 Å². The van der Waals surface area contributed by atoms with E-state index >= 15 is 0 Å². The van der Waals surface area contributed by atoms with Gasteiger partial charge in [-0.3, -0.25) is 4.79 Å². The van der Waals surface area contributed by atoms with Crippen molar-refractivity contribution in [3.05, 3.63) is 83.0 Å². The first kappa shape index (κ1) is 18.8. The van der Waals surface area contributed by atoms with E-state index in [2.05, 4.69) is 10.1 Å². The largest absolute Gasteiger partial charge is 0.486 e. The standard InChI is InChI=1S/C24H20N4O4/c1-14-7-9-15(10-8-14)31-12-19-26-23-22-21(17-6-3-11-30-17)20-16(29)4-2-5-18(20)32-24(22)25-13-28(23)27-19/h3,6-11,13,21H,2,4-5,12H2,1H3/t21-/m1/s1. The zero-order valence-electron chi connectivity index (χ0n) is 17.4. The molecule has 0 radical (unpaired) electrons. The summed E-state index contributed by atoms with van der Waals surface area (Å²) in [6.45, 7) is 2.23. The molecule has 4 heterocycles. The number of fused-ring (bicyclic) bond motifs is 3. The van der Waals surface area contributed by atoms with Crippen molar-refractivity contribution < 1.29 is 18.7 Å². The SMILES string of the molecule is Cc1ccc(OCc2nc3c4c(ncn3n2)OC2=C(C(=O)CCC2)[C@H]4c2ccco2)cc1. The molecule has 0 saturated heterocycles. The van der Waals surface area contributed by atoms with Gasteiger partial charge < -0.3 is 13.9 Å². The van der Waals surface area contributed by atoms with Gasteiger partial charge in [0.1, 0.15) is 30.2 Å². The summed E-state index contributed by atoms with van der Waals surface area (Å²) in [5.74, 6) is 2.67. The van der Waals surface area contributed by atoms with Crippen LogP contribution < -0.4 is 9.47 Å². The number of nitrogens with zero attached hydrogens (tertiary/aromatic N) is 4. The summed E-state index contributed by atoms with van der Waals surface area (Å²) >= 11 is 0. The Hall–Kier alpha value is -3.94. The van der Waals surface area contributed by atoms with Gasteiger partial charge in [0, 0.05) is 18.4 Å². The van der Waals surface area contributed by atoms with Gasteiger partial charge in [0.25, 0.3) is 0 Å². The number of Topliss-reactive ketones (excluding diaryl/α,β-unsaturated/α-hetero) is 1. The minimum Gasteiger partial charge on any atom is -0.486 e. The fraction of sp³-hybridized carbons (Fsp3) is 0.250. The number of hydrogen-bond donors (Lipinski definition) is 0. The molecule has 1 aromatic carbocycles. The van der Waals surface area contributed by atoms with Crippen molar-refractivity contribution in [1.29, 1.82) is 0 Å². The first-order valence-corrected chi connectivity index (χ1v) is 10.6. The number of aromatic nitrogens is 4. The lowest BCUT2D eigenvalue weighted by Crippen LogP contribution is -2.26. The smallest absolute Gasteiger partial charge is 0.228 e.